The summed E-state index contributed by atoms with van der Waals surface area (Å²) in [6, 6.07) is -26.8. The number of H-pyrrole nitrogens is 4. The maximum absolute atomic E-state index is 15.0. The second-order valence-corrected chi connectivity index (χ2v) is 34.6. The van der Waals surface area contributed by atoms with E-state index in [1.807, 2.05) is 13.8 Å². The van der Waals surface area contributed by atoms with Crippen LogP contribution in [0, 0.1) is 17.8 Å². The van der Waals surface area contributed by atoms with Gasteiger partial charge in [0, 0.05) is 63.3 Å². The third-order valence-electron chi connectivity index (χ3n) is 22.0. The molecule has 0 radical (unpaired) electrons. The van der Waals surface area contributed by atoms with Gasteiger partial charge in [0.15, 0.2) is 0 Å². The lowest BCUT2D eigenvalue weighted by molar-refractivity contribution is -0.142. The van der Waals surface area contributed by atoms with Gasteiger partial charge < -0.3 is 154 Å². The smallest absolute Gasteiger partial charge is 0.326 e. The Hall–Kier alpha value is -14.0. The van der Waals surface area contributed by atoms with Crippen LogP contribution in [0.15, 0.2) is 50.1 Å². The molecule has 53 heteroatoms. The Balaban J connectivity index is 1.62. The molecule has 4 aromatic rings. The first-order valence-electron chi connectivity index (χ1n) is 46.0. The third-order valence-corrected chi connectivity index (χ3v) is 22.0. The molecule has 18 atom stereocenters. The summed E-state index contributed by atoms with van der Waals surface area (Å²) < 4.78 is 0. The van der Waals surface area contributed by atoms with Crippen LogP contribution in [0.2, 0.25) is 0 Å². The normalized spacial score (nSPS) is 15.1. The first-order valence-corrected chi connectivity index (χ1v) is 46.0. The van der Waals surface area contributed by atoms with Gasteiger partial charge in [0.05, 0.1) is 67.2 Å². The Morgan fingerprint density at radius 1 is 0.324 bits per heavy atom. The quantitative estimate of drug-likeness (QED) is 0.0183. The summed E-state index contributed by atoms with van der Waals surface area (Å²) in [5.41, 5.74) is 29.5. The Morgan fingerprint density at radius 2 is 0.597 bits per heavy atom. The predicted molar refractivity (Wildman–Crippen MR) is 494 cm³/mol. The lowest BCUT2D eigenvalue weighted by Gasteiger charge is -2.29. The van der Waals surface area contributed by atoms with E-state index in [4.69, 9.17) is 28.7 Å². The SMILES string of the molecule is CC[C@H](C)[C@H](NC(=O)[C@H](CCC(=O)O)NC(=O)[C@H](CC(N)=O)NC(=O)[C@H](CCC(=O)O)NC(=O)[C@H](Cc1c[nH]cn1)NC(=O)[C@H](Cc1c[nH]cn1)NC(=O)[C@H](CCCCN)NC(=O)[C@H](CCCCN)NC(=O)[C@H](CC(C)C)NC(=O)[C@H](C)NC(=O)[C@H](C)NC(=O)[C@@H](N)CC(C)C)C(=O)N[C@@H](CO)C(=O)N[C@@H](Cc1c[nH]cn1)C(=O)N[C@@H](Cc1c[nH]cn1)C(=O)N[C@@H](C)C(=O)N[C@@H](CCCCN)C(=O)O. The Kier molecular flexibility index (Phi) is 51.7. The van der Waals surface area contributed by atoms with Crippen molar-refractivity contribution in [2.24, 2.45) is 46.4 Å². The van der Waals surface area contributed by atoms with Crippen molar-refractivity contribution < 1.29 is 116 Å². The van der Waals surface area contributed by atoms with E-state index in [0.717, 1.165) is 0 Å². The van der Waals surface area contributed by atoms with Gasteiger partial charge in [-0.2, -0.15) is 0 Å². The van der Waals surface area contributed by atoms with Gasteiger partial charge in [-0.3, -0.25) is 91.1 Å². The number of primary amides is 1. The molecule has 0 aliphatic heterocycles. The number of nitrogens with two attached hydrogens (primary N) is 5. The maximum Gasteiger partial charge on any atom is 0.326 e. The molecule has 0 saturated heterocycles. The van der Waals surface area contributed by atoms with Gasteiger partial charge in [-0.25, -0.2) is 24.7 Å². The molecule has 0 bridgehead atoms. The number of imidazole rings is 4. The number of hydrogen-bond donors (Lipinski definition) is 29. The highest BCUT2D eigenvalue weighted by molar-refractivity contribution is 6.02. The van der Waals surface area contributed by atoms with Crippen molar-refractivity contribution in [2.75, 3.05) is 26.2 Å². The van der Waals surface area contributed by atoms with Crippen LogP contribution in [0.5, 0.6) is 0 Å². The van der Waals surface area contributed by atoms with Crippen LogP contribution in [0.4, 0.5) is 0 Å². The fourth-order valence-corrected chi connectivity index (χ4v) is 14.0. The summed E-state index contributed by atoms with van der Waals surface area (Å²) in [7, 11) is 0. The molecule has 4 heterocycles. The number of hydrogen-bond acceptors (Lipinski definition) is 29. The number of carboxylic acids is 3. The molecule has 4 rings (SSSR count). The molecule has 0 saturated carbocycles. The van der Waals surface area contributed by atoms with Crippen LogP contribution in [-0.4, -0.2) is 308 Å². The first kappa shape index (κ1) is 117. The van der Waals surface area contributed by atoms with Crippen molar-refractivity contribution in [3.05, 3.63) is 72.9 Å². The van der Waals surface area contributed by atoms with Gasteiger partial charge in [-0.05, 0) is 142 Å². The molecule has 0 fully saturated rings. The highest BCUT2D eigenvalue weighted by atomic mass is 16.4. The minimum absolute atomic E-state index is 0.0225. The minimum atomic E-state index is -2.15. The molecule has 53 nitrogen and oxygen atoms in total. The number of carbonyl (C=O) groups excluding carboxylic acids is 17. The second-order valence-electron chi connectivity index (χ2n) is 34.6. The van der Waals surface area contributed by atoms with Gasteiger partial charge >= 0.3 is 17.9 Å². The number of aliphatic carboxylic acids is 3. The molecule has 772 valence electrons. The van der Waals surface area contributed by atoms with E-state index in [1.165, 1.54) is 77.8 Å². The van der Waals surface area contributed by atoms with E-state index in [1.54, 1.807) is 20.8 Å². The second kappa shape index (κ2) is 61.3. The van der Waals surface area contributed by atoms with Crippen molar-refractivity contribution in [3.63, 3.8) is 0 Å². The van der Waals surface area contributed by atoms with E-state index in [-0.39, 0.29) is 106 Å². The van der Waals surface area contributed by atoms with Gasteiger partial charge in [-0.15, -0.1) is 0 Å². The van der Waals surface area contributed by atoms with E-state index in [0.29, 0.717) is 32.1 Å². The van der Waals surface area contributed by atoms with Crippen LogP contribution in [-0.2, 0) is 122 Å². The molecular formula is C86H139N29O24. The molecule has 34 N–H and O–H groups in total. The molecule has 0 aliphatic rings. The van der Waals surface area contributed by atoms with Gasteiger partial charge in [0.2, 0.25) is 100 Å². The number of aliphatic hydroxyl groups is 1. The van der Waals surface area contributed by atoms with E-state index in [2.05, 4.69) is 125 Å². The molecule has 139 heavy (non-hydrogen) atoms. The molecule has 4 aromatic heterocycles. The third kappa shape index (κ3) is 43.1. The summed E-state index contributed by atoms with van der Waals surface area (Å²) in [6.07, 6.45) is 6.57. The van der Waals surface area contributed by atoms with Crippen molar-refractivity contribution in [1.29, 1.82) is 0 Å². The number of carboxylic acid groups (broad SMARTS) is 3. The first-order chi connectivity index (χ1) is 65.8. The van der Waals surface area contributed by atoms with Crippen LogP contribution in [0.3, 0.4) is 0 Å². The van der Waals surface area contributed by atoms with Gasteiger partial charge in [-0.1, -0.05) is 48.0 Å². The molecule has 0 spiro atoms. The van der Waals surface area contributed by atoms with E-state index in [9.17, 15) is 112 Å². The molecular weight excluding hydrogens is 1820 g/mol. The summed E-state index contributed by atoms with van der Waals surface area (Å²) in [5.74, 6) is -23.4. The predicted octanol–water partition coefficient (Wildman–Crippen LogP) is -7.80. The van der Waals surface area contributed by atoms with Crippen LogP contribution in [0.25, 0.3) is 0 Å². The topological polar surface area (TPSA) is 860 Å². The minimum Gasteiger partial charge on any atom is -0.481 e. The number of aromatic amines is 4. The summed E-state index contributed by atoms with van der Waals surface area (Å²) in [4.78, 5) is 305. The average Bonchev–Trinajstić information content (AvgIpc) is 1.80. The zero-order chi connectivity index (χ0) is 104. The highest BCUT2D eigenvalue weighted by Crippen LogP contribution is 2.17. The number of carbonyl (C=O) groups is 20. The highest BCUT2D eigenvalue weighted by Gasteiger charge is 2.41. The van der Waals surface area contributed by atoms with Crippen molar-refractivity contribution >= 4 is 118 Å². The fraction of sp³-hybridized carbons (Fsp3) is 0.628. The van der Waals surface area contributed by atoms with E-state index < -0.39 is 285 Å². The van der Waals surface area contributed by atoms with Crippen LogP contribution in [0.1, 0.15) is 194 Å². The van der Waals surface area contributed by atoms with E-state index >= 15 is 4.79 Å². The Bertz CT molecular complexity index is 4660. The van der Waals surface area contributed by atoms with Crippen molar-refractivity contribution in [3.8, 4) is 0 Å². The molecule has 0 unspecified atom stereocenters. The number of rotatable bonds is 68. The monoisotopic (exact) mass is 1960 g/mol. The lowest BCUT2D eigenvalue weighted by Crippen LogP contribution is -2.62. The lowest BCUT2D eigenvalue weighted by atomic mass is 9.97. The number of nitrogens with one attached hydrogen (secondary N) is 20. The Morgan fingerprint density at radius 3 is 0.921 bits per heavy atom. The zero-order valence-electron chi connectivity index (χ0n) is 79.5. The number of nitrogens with zero attached hydrogens (tertiary/aromatic N) is 4. The molecule has 0 aromatic carbocycles. The summed E-state index contributed by atoms with van der Waals surface area (Å²) >= 11 is 0. The number of aromatic nitrogens is 8. The largest absolute Gasteiger partial charge is 0.481 e. The van der Waals surface area contributed by atoms with Gasteiger partial charge in [0.25, 0.3) is 0 Å². The number of amides is 17. The van der Waals surface area contributed by atoms with Crippen molar-refractivity contribution in [1.82, 2.24) is 125 Å². The number of aliphatic hydroxyl groups excluding tert-OH is 1. The standard InChI is InChI=1S/C86H139N29O24/c1-10-45(6)69(85(137)114-65(38-116)84(136)112-63(32-52-37-95-42-99-52)82(134)110-60(29-49-34-92-39-96-49)78(130)102-48(9)71(123)107-58(86(138)139)19-13-16-26-89)115-77(129)57(21-23-68(120)121)106-83(135)64(33-66(91)117)113-76(128)56(20-22-67(118)119)105-80(132)61(30-50-35-93-40-97-50)111-81(133)62(31-51-36-94-41-98-51)109-75(127)55(18-12-15-25-88)103-74(126)54(17-11-14-24-87)104-79(131)59(28-44(4)5)108-72(124)47(8)100-70(122)46(7)101-73(125)53(90)27-43(2)3/h34-37,39-48,53-65,69,116H,10-33,38,87-90H2,1-9H3,(H2,91,117)(H,92,96)(H,93,97)(H,94,98)(H,95,99)(H,100,122)(H,101,125)(H,102,130)(H,103,126)(H,104,131)(H,105,132)(H,106,135)(H,107,123)(H,108,124)(H,109,127)(H,110,134)(H,111,133)(H,112,136)(H,113,128)(H,114,137)(H,115,129)(H,118,119)(H,120,121)(H,138,139)/t45-,46-,47-,48-,53-,54-,55-,56-,57-,58-,59-,60-,61-,62-,63-,64-,65-,69-/m0/s1. The average molecular weight is 1960 g/mol. The maximum atomic E-state index is 15.0. The Labute approximate surface area is 801 Å². The molecule has 0 aliphatic carbocycles. The summed E-state index contributed by atoms with van der Waals surface area (Å²) in [5, 5.41) is 79.9. The zero-order valence-corrected chi connectivity index (χ0v) is 79.5. The fourth-order valence-electron chi connectivity index (χ4n) is 14.0. The van der Waals surface area contributed by atoms with Crippen LogP contribution < -0.4 is 114 Å². The number of unbranched alkanes of at least 4 members (excludes halogenated alkanes) is 3. The van der Waals surface area contributed by atoms with Crippen molar-refractivity contribution in [2.45, 2.75) is 300 Å². The summed E-state index contributed by atoms with van der Waals surface area (Å²) in [6.45, 7) is 13.7. The van der Waals surface area contributed by atoms with Gasteiger partial charge in [0.1, 0.15) is 96.7 Å². The van der Waals surface area contributed by atoms with Crippen LogP contribution >= 0.6 is 0 Å². The molecule has 17 amide bonds.